The number of rotatable bonds is 4. The molecule has 0 aliphatic rings. The quantitative estimate of drug-likeness (QED) is 0.773. The van der Waals surface area contributed by atoms with E-state index in [0.29, 0.717) is 11.8 Å². The number of aryl methyl sites for hydroxylation is 1. The van der Waals surface area contributed by atoms with Crippen molar-refractivity contribution >= 4 is 0 Å². The molecule has 1 aromatic rings. The number of nitrogens with one attached hydrogen (secondary N) is 1. The van der Waals surface area contributed by atoms with Crippen molar-refractivity contribution in [1.29, 1.82) is 0 Å². The van der Waals surface area contributed by atoms with Gasteiger partial charge in [-0.15, -0.1) is 0 Å². The first-order valence-corrected chi connectivity index (χ1v) is 4.73. The molecular formula is C10H18N2O. The van der Waals surface area contributed by atoms with E-state index in [1.165, 1.54) is 0 Å². The second kappa shape index (κ2) is 4.42. The molecule has 0 spiro atoms. The van der Waals surface area contributed by atoms with Crippen LogP contribution in [0.25, 0.3) is 0 Å². The van der Waals surface area contributed by atoms with E-state index in [1.54, 1.807) is 0 Å². The van der Waals surface area contributed by atoms with Crippen LogP contribution >= 0.6 is 0 Å². The molecule has 1 atom stereocenters. The molecule has 0 aliphatic carbocycles. The summed E-state index contributed by atoms with van der Waals surface area (Å²) in [6.07, 6.45) is 0. The van der Waals surface area contributed by atoms with Crippen molar-refractivity contribution in [3.8, 4) is 0 Å². The molecule has 3 heteroatoms. The van der Waals surface area contributed by atoms with Crippen molar-refractivity contribution in [3.05, 3.63) is 17.5 Å². The molecule has 1 aromatic heterocycles. The molecule has 1 unspecified atom stereocenters. The van der Waals surface area contributed by atoms with E-state index in [2.05, 4.69) is 24.3 Å². The van der Waals surface area contributed by atoms with Crippen LogP contribution in [0.2, 0.25) is 0 Å². The molecule has 0 radical (unpaired) electrons. The largest absolute Gasteiger partial charge is 0.361 e. The lowest BCUT2D eigenvalue weighted by Crippen LogP contribution is -2.21. The zero-order valence-electron chi connectivity index (χ0n) is 8.79. The predicted molar refractivity (Wildman–Crippen MR) is 52.7 cm³/mol. The second-order valence-corrected chi connectivity index (χ2v) is 3.77. The summed E-state index contributed by atoms with van der Waals surface area (Å²) in [5.74, 6) is 1.91. The van der Waals surface area contributed by atoms with Crippen LogP contribution in [0.4, 0.5) is 0 Å². The van der Waals surface area contributed by atoms with E-state index in [4.69, 9.17) is 4.52 Å². The van der Waals surface area contributed by atoms with Crippen LogP contribution < -0.4 is 5.32 Å². The van der Waals surface area contributed by atoms with Gasteiger partial charge in [0.1, 0.15) is 5.76 Å². The molecule has 0 saturated heterocycles. The Morgan fingerprint density at radius 3 is 2.62 bits per heavy atom. The van der Waals surface area contributed by atoms with Gasteiger partial charge >= 0.3 is 0 Å². The third-order valence-corrected chi connectivity index (χ3v) is 2.25. The summed E-state index contributed by atoms with van der Waals surface area (Å²) in [7, 11) is 1.96. The molecule has 1 rings (SSSR count). The molecule has 0 saturated carbocycles. The van der Waals surface area contributed by atoms with Crippen molar-refractivity contribution in [2.45, 2.75) is 26.7 Å². The number of nitrogens with zero attached hydrogens (tertiary/aromatic N) is 1. The fourth-order valence-corrected chi connectivity index (χ4v) is 1.46. The van der Waals surface area contributed by atoms with Gasteiger partial charge in [0.2, 0.25) is 0 Å². The Morgan fingerprint density at radius 1 is 1.54 bits per heavy atom. The molecule has 3 nitrogen and oxygen atoms in total. The number of hydrogen-bond donors (Lipinski definition) is 1. The molecule has 0 aromatic carbocycles. The fourth-order valence-electron chi connectivity index (χ4n) is 1.46. The maximum atomic E-state index is 5.06. The molecule has 13 heavy (non-hydrogen) atoms. The summed E-state index contributed by atoms with van der Waals surface area (Å²) in [6, 6.07) is 2.02. The fraction of sp³-hybridized carbons (Fsp3) is 0.700. The third-order valence-electron chi connectivity index (χ3n) is 2.25. The third kappa shape index (κ3) is 2.56. The Morgan fingerprint density at radius 2 is 2.23 bits per heavy atom. The molecule has 0 amide bonds. The summed E-state index contributed by atoms with van der Waals surface area (Å²) >= 11 is 0. The van der Waals surface area contributed by atoms with E-state index < -0.39 is 0 Å². The summed E-state index contributed by atoms with van der Waals surface area (Å²) in [5.41, 5.74) is 1.06. The van der Waals surface area contributed by atoms with Gasteiger partial charge in [-0.2, -0.15) is 0 Å². The average Bonchev–Trinajstić information content (AvgIpc) is 2.46. The van der Waals surface area contributed by atoms with Crippen LogP contribution in [0.3, 0.4) is 0 Å². The van der Waals surface area contributed by atoms with Crippen LogP contribution in [0, 0.1) is 12.8 Å². The van der Waals surface area contributed by atoms with Gasteiger partial charge in [-0.25, -0.2) is 0 Å². The normalized spacial score (nSPS) is 13.6. The minimum absolute atomic E-state index is 0.447. The Hall–Kier alpha value is -0.830. The number of aromatic nitrogens is 1. The van der Waals surface area contributed by atoms with Crippen molar-refractivity contribution in [2.75, 3.05) is 13.6 Å². The van der Waals surface area contributed by atoms with Crippen LogP contribution in [0.5, 0.6) is 0 Å². The predicted octanol–water partition coefficient (Wildman–Crippen LogP) is 1.94. The van der Waals surface area contributed by atoms with Gasteiger partial charge in [-0.3, -0.25) is 0 Å². The minimum Gasteiger partial charge on any atom is -0.361 e. The Balaban J connectivity index is 2.75. The summed E-state index contributed by atoms with van der Waals surface area (Å²) in [6.45, 7) is 7.27. The van der Waals surface area contributed by atoms with Gasteiger partial charge in [-0.05, 0) is 19.9 Å². The van der Waals surface area contributed by atoms with Crippen LogP contribution in [-0.4, -0.2) is 18.7 Å². The van der Waals surface area contributed by atoms with Crippen LogP contribution in [-0.2, 0) is 0 Å². The average molecular weight is 182 g/mol. The zero-order chi connectivity index (χ0) is 9.84. The first kappa shape index (κ1) is 10.3. The highest BCUT2D eigenvalue weighted by Gasteiger charge is 2.18. The Kier molecular flexibility index (Phi) is 3.48. The number of hydrogen-bond acceptors (Lipinski definition) is 3. The van der Waals surface area contributed by atoms with E-state index >= 15 is 0 Å². The van der Waals surface area contributed by atoms with E-state index in [1.807, 2.05) is 20.0 Å². The maximum Gasteiger partial charge on any atom is 0.133 e. The lowest BCUT2D eigenvalue weighted by Gasteiger charge is -2.17. The molecule has 74 valence electrons. The highest BCUT2D eigenvalue weighted by Crippen LogP contribution is 2.22. The standard InChI is InChI=1S/C10H18N2O/c1-7(2)9(6-11-4)10-5-8(3)13-12-10/h5,7,9,11H,6H2,1-4H3. The monoisotopic (exact) mass is 182 g/mol. The van der Waals surface area contributed by atoms with Gasteiger partial charge in [-0.1, -0.05) is 19.0 Å². The van der Waals surface area contributed by atoms with Gasteiger partial charge < -0.3 is 9.84 Å². The Bertz CT molecular complexity index is 255. The molecule has 0 fully saturated rings. The first-order chi connectivity index (χ1) is 6.15. The second-order valence-electron chi connectivity index (χ2n) is 3.77. The number of likely N-dealkylation sites (N-methyl/N-ethyl adjacent to an activating group) is 1. The molecule has 0 aliphatic heterocycles. The van der Waals surface area contributed by atoms with Gasteiger partial charge in [0.25, 0.3) is 0 Å². The maximum absolute atomic E-state index is 5.06. The van der Waals surface area contributed by atoms with Crippen molar-refractivity contribution in [3.63, 3.8) is 0 Å². The lowest BCUT2D eigenvalue weighted by atomic mass is 9.92. The molecule has 0 bridgehead atoms. The van der Waals surface area contributed by atoms with Crippen LogP contribution in [0.15, 0.2) is 10.6 Å². The van der Waals surface area contributed by atoms with Crippen molar-refractivity contribution < 1.29 is 4.52 Å². The van der Waals surface area contributed by atoms with E-state index in [9.17, 15) is 0 Å². The van der Waals surface area contributed by atoms with E-state index in [0.717, 1.165) is 18.0 Å². The minimum atomic E-state index is 0.447. The van der Waals surface area contributed by atoms with Gasteiger partial charge in [0, 0.05) is 18.5 Å². The zero-order valence-corrected chi connectivity index (χ0v) is 8.79. The van der Waals surface area contributed by atoms with E-state index in [-0.39, 0.29) is 0 Å². The molecule has 1 heterocycles. The van der Waals surface area contributed by atoms with Crippen molar-refractivity contribution in [2.24, 2.45) is 5.92 Å². The lowest BCUT2D eigenvalue weighted by molar-refractivity contribution is 0.370. The van der Waals surface area contributed by atoms with Gasteiger partial charge in [0.15, 0.2) is 0 Å². The highest BCUT2D eigenvalue weighted by atomic mass is 16.5. The van der Waals surface area contributed by atoms with Crippen molar-refractivity contribution in [1.82, 2.24) is 10.5 Å². The Labute approximate surface area is 79.5 Å². The summed E-state index contributed by atoms with van der Waals surface area (Å²) in [5, 5.41) is 7.22. The smallest absolute Gasteiger partial charge is 0.133 e. The summed E-state index contributed by atoms with van der Waals surface area (Å²) in [4.78, 5) is 0. The highest BCUT2D eigenvalue weighted by molar-refractivity contribution is 5.10. The van der Waals surface area contributed by atoms with Crippen LogP contribution in [0.1, 0.15) is 31.2 Å². The molecule has 1 N–H and O–H groups in total. The summed E-state index contributed by atoms with van der Waals surface area (Å²) < 4.78 is 5.06. The first-order valence-electron chi connectivity index (χ1n) is 4.73. The molecular weight excluding hydrogens is 164 g/mol. The topological polar surface area (TPSA) is 38.1 Å². The van der Waals surface area contributed by atoms with Gasteiger partial charge in [0.05, 0.1) is 5.69 Å². The SMILES string of the molecule is CNCC(c1cc(C)on1)C(C)C.